The second-order valence-corrected chi connectivity index (χ2v) is 3.64. The van der Waals surface area contributed by atoms with Gasteiger partial charge in [-0.3, -0.25) is 0 Å². The average molecular weight is 199 g/mol. The lowest BCUT2D eigenvalue weighted by Gasteiger charge is -2.23. The van der Waals surface area contributed by atoms with Crippen LogP contribution in [0.5, 0.6) is 0 Å². The third kappa shape index (κ3) is 1.87. The first-order chi connectivity index (χ1) is 7.21. The van der Waals surface area contributed by atoms with Crippen LogP contribution in [0.25, 0.3) is 0 Å². The summed E-state index contributed by atoms with van der Waals surface area (Å²) in [6.45, 7) is 1.91. The second-order valence-electron chi connectivity index (χ2n) is 3.64. The minimum Gasteiger partial charge on any atom is -0.315 e. The molecule has 0 saturated heterocycles. The molecule has 0 amide bonds. The van der Waals surface area contributed by atoms with E-state index in [1.54, 1.807) is 18.5 Å². The number of hydrogen-bond acceptors (Lipinski definition) is 3. The number of hydrogen-bond donors (Lipinski definition) is 1. The zero-order chi connectivity index (χ0) is 10.7. The Morgan fingerprint density at radius 3 is 2.20 bits per heavy atom. The van der Waals surface area contributed by atoms with Crippen molar-refractivity contribution >= 4 is 0 Å². The summed E-state index contributed by atoms with van der Waals surface area (Å²) in [6, 6.07) is 11.6. The summed E-state index contributed by atoms with van der Waals surface area (Å²) >= 11 is 0. The van der Waals surface area contributed by atoms with Gasteiger partial charge in [0.2, 0.25) is 0 Å². The Bertz CT molecular complexity index is 382. The van der Waals surface area contributed by atoms with Gasteiger partial charge in [0.25, 0.3) is 0 Å². The van der Waals surface area contributed by atoms with Gasteiger partial charge in [-0.15, -0.1) is 0 Å². The molecule has 3 heteroatoms. The SMILES string of the molecule is CC(N)(c1ccccc1)c1ncccn1. The molecule has 15 heavy (non-hydrogen) atoms. The maximum Gasteiger partial charge on any atom is 0.152 e. The highest BCUT2D eigenvalue weighted by molar-refractivity contribution is 5.29. The molecule has 1 heterocycles. The molecule has 1 aromatic heterocycles. The molecule has 2 rings (SSSR count). The zero-order valence-corrected chi connectivity index (χ0v) is 8.59. The maximum absolute atomic E-state index is 6.23. The Kier molecular flexibility index (Phi) is 2.47. The quantitative estimate of drug-likeness (QED) is 0.800. The first-order valence-corrected chi connectivity index (χ1v) is 4.83. The van der Waals surface area contributed by atoms with Gasteiger partial charge in [0.1, 0.15) is 0 Å². The first kappa shape index (κ1) is 9.80. The van der Waals surface area contributed by atoms with Crippen molar-refractivity contribution in [2.75, 3.05) is 0 Å². The van der Waals surface area contributed by atoms with Crippen LogP contribution >= 0.6 is 0 Å². The van der Waals surface area contributed by atoms with Crippen LogP contribution < -0.4 is 5.73 Å². The van der Waals surface area contributed by atoms with Crippen molar-refractivity contribution in [1.29, 1.82) is 0 Å². The van der Waals surface area contributed by atoms with Crippen molar-refractivity contribution in [3.63, 3.8) is 0 Å². The number of rotatable bonds is 2. The molecule has 0 bridgehead atoms. The fraction of sp³-hybridized carbons (Fsp3) is 0.167. The molecule has 76 valence electrons. The molecular formula is C12H13N3. The summed E-state index contributed by atoms with van der Waals surface area (Å²) < 4.78 is 0. The van der Waals surface area contributed by atoms with Crippen molar-refractivity contribution in [2.45, 2.75) is 12.5 Å². The van der Waals surface area contributed by atoms with Gasteiger partial charge in [-0.05, 0) is 18.6 Å². The molecule has 0 aliphatic heterocycles. The van der Waals surface area contributed by atoms with Crippen LogP contribution in [-0.4, -0.2) is 9.97 Å². The maximum atomic E-state index is 6.23. The van der Waals surface area contributed by atoms with E-state index in [4.69, 9.17) is 5.73 Å². The molecule has 0 radical (unpaired) electrons. The van der Waals surface area contributed by atoms with E-state index in [0.29, 0.717) is 5.82 Å². The van der Waals surface area contributed by atoms with Crippen molar-refractivity contribution in [3.05, 3.63) is 60.2 Å². The summed E-state index contributed by atoms with van der Waals surface area (Å²) in [5.41, 5.74) is 6.61. The number of aromatic nitrogens is 2. The van der Waals surface area contributed by atoms with Crippen molar-refractivity contribution in [3.8, 4) is 0 Å². The highest BCUT2D eigenvalue weighted by Crippen LogP contribution is 2.22. The van der Waals surface area contributed by atoms with Gasteiger partial charge in [0.15, 0.2) is 5.82 Å². The monoisotopic (exact) mass is 199 g/mol. The van der Waals surface area contributed by atoms with Crippen LogP contribution in [0.1, 0.15) is 18.3 Å². The van der Waals surface area contributed by atoms with E-state index in [9.17, 15) is 0 Å². The zero-order valence-electron chi connectivity index (χ0n) is 8.59. The minimum absolute atomic E-state index is 0.635. The van der Waals surface area contributed by atoms with Crippen LogP contribution in [0.2, 0.25) is 0 Å². The molecule has 0 aliphatic carbocycles. The molecule has 2 N–H and O–H groups in total. The highest BCUT2D eigenvalue weighted by atomic mass is 14.9. The molecule has 1 aromatic carbocycles. The third-order valence-corrected chi connectivity index (χ3v) is 2.40. The largest absolute Gasteiger partial charge is 0.315 e. The van der Waals surface area contributed by atoms with Crippen LogP contribution in [0.15, 0.2) is 48.8 Å². The number of nitrogens with zero attached hydrogens (tertiary/aromatic N) is 2. The summed E-state index contributed by atoms with van der Waals surface area (Å²) in [5.74, 6) is 0.635. The van der Waals surface area contributed by atoms with Gasteiger partial charge >= 0.3 is 0 Å². The highest BCUT2D eigenvalue weighted by Gasteiger charge is 2.25. The van der Waals surface area contributed by atoms with E-state index in [2.05, 4.69) is 9.97 Å². The predicted molar refractivity (Wildman–Crippen MR) is 59.1 cm³/mol. The first-order valence-electron chi connectivity index (χ1n) is 4.83. The number of nitrogens with two attached hydrogens (primary N) is 1. The lowest BCUT2D eigenvalue weighted by Crippen LogP contribution is -2.36. The summed E-state index contributed by atoms with van der Waals surface area (Å²) in [7, 11) is 0. The van der Waals surface area contributed by atoms with Gasteiger partial charge in [-0.25, -0.2) is 9.97 Å². The molecule has 0 fully saturated rings. The van der Waals surface area contributed by atoms with Crippen LogP contribution in [-0.2, 0) is 5.54 Å². The van der Waals surface area contributed by atoms with E-state index >= 15 is 0 Å². The van der Waals surface area contributed by atoms with E-state index in [-0.39, 0.29) is 0 Å². The smallest absolute Gasteiger partial charge is 0.152 e. The van der Waals surface area contributed by atoms with Crippen molar-refractivity contribution in [1.82, 2.24) is 9.97 Å². The fourth-order valence-electron chi connectivity index (χ4n) is 1.48. The van der Waals surface area contributed by atoms with E-state index in [1.807, 2.05) is 37.3 Å². The lowest BCUT2D eigenvalue weighted by molar-refractivity contribution is 0.557. The second kappa shape index (κ2) is 3.79. The Labute approximate surface area is 89.0 Å². The van der Waals surface area contributed by atoms with Crippen LogP contribution in [0.3, 0.4) is 0 Å². The van der Waals surface area contributed by atoms with Gasteiger partial charge < -0.3 is 5.73 Å². The number of benzene rings is 1. The Morgan fingerprint density at radius 1 is 1.00 bits per heavy atom. The van der Waals surface area contributed by atoms with Gasteiger partial charge in [0.05, 0.1) is 5.54 Å². The molecule has 3 nitrogen and oxygen atoms in total. The molecule has 0 aliphatic rings. The Balaban J connectivity index is 2.44. The molecule has 1 unspecified atom stereocenters. The summed E-state index contributed by atoms with van der Waals surface area (Å²) in [6.07, 6.45) is 3.41. The van der Waals surface area contributed by atoms with E-state index in [0.717, 1.165) is 5.56 Å². The standard InChI is InChI=1S/C12H13N3/c1-12(13,10-6-3-2-4-7-10)11-14-8-5-9-15-11/h2-9H,13H2,1H3. The summed E-state index contributed by atoms with van der Waals surface area (Å²) in [5, 5.41) is 0. The van der Waals surface area contributed by atoms with E-state index in [1.165, 1.54) is 0 Å². The predicted octanol–water partition coefficient (Wildman–Crippen LogP) is 1.70. The molecule has 0 spiro atoms. The van der Waals surface area contributed by atoms with Crippen LogP contribution in [0, 0.1) is 0 Å². The topological polar surface area (TPSA) is 51.8 Å². The minimum atomic E-state index is -0.636. The summed E-state index contributed by atoms with van der Waals surface area (Å²) in [4.78, 5) is 8.38. The average Bonchev–Trinajstić information content (AvgIpc) is 2.31. The fourth-order valence-corrected chi connectivity index (χ4v) is 1.48. The lowest BCUT2D eigenvalue weighted by atomic mass is 9.92. The van der Waals surface area contributed by atoms with Crippen molar-refractivity contribution < 1.29 is 0 Å². The van der Waals surface area contributed by atoms with Crippen LogP contribution in [0.4, 0.5) is 0 Å². The van der Waals surface area contributed by atoms with Gasteiger partial charge in [0, 0.05) is 12.4 Å². The van der Waals surface area contributed by atoms with Gasteiger partial charge in [-0.2, -0.15) is 0 Å². The third-order valence-electron chi connectivity index (χ3n) is 2.40. The Morgan fingerprint density at radius 2 is 1.60 bits per heavy atom. The molecule has 2 aromatic rings. The normalized spacial score (nSPS) is 14.5. The molecular weight excluding hydrogens is 186 g/mol. The molecule has 0 saturated carbocycles. The van der Waals surface area contributed by atoms with E-state index < -0.39 is 5.54 Å². The Hall–Kier alpha value is -1.74. The molecule has 1 atom stereocenters. The van der Waals surface area contributed by atoms with Crippen molar-refractivity contribution in [2.24, 2.45) is 5.73 Å². The van der Waals surface area contributed by atoms with Gasteiger partial charge in [-0.1, -0.05) is 30.3 Å².